The first-order valence-corrected chi connectivity index (χ1v) is 7.46. The summed E-state index contributed by atoms with van der Waals surface area (Å²) in [6.45, 7) is 2.12. The zero-order valence-electron chi connectivity index (χ0n) is 11.8. The van der Waals surface area contributed by atoms with Crippen molar-refractivity contribution in [3.63, 3.8) is 0 Å². The number of piperidine rings is 1. The summed E-state index contributed by atoms with van der Waals surface area (Å²) in [7, 11) is 0. The van der Waals surface area contributed by atoms with E-state index in [0.29, 0.717) is 12.5 Å². The van der Waals surface area contributed by atoms with Crippen molar-refractivity contribution in [3.8, 4) is 6.07 Å². The Morgan fingerprint density at radius 3 is 2.75 bits per heavy atom. The molecule has 1 amide bonds. The Morgan fingerprint density at radius 1 is 1.30 bits per heavy atom. The van der Waals surface area contributed by atoms with E-state index in [1.165, 1.54) is 5.56 Å². The molecule has 2 aliphatic rings. The normalized spacial score (nSPS) is 30.7. The molecule has 1 aliphatic heterocycles. The van der Waals surface area contributed by atoms with Crippen molar-refractivity contribution in [2.75, 3.05) is 0 Å². The third-order valence-electron chi connectivity index (χ3n) is 4.94. The van der Waals surface area contributed by atoms with Crippen LogP contribution < -0.4 is 0 Å². The van der Waals surface area contributed by atoms with E-state index >= 15 is 0 Å². The van der Waals surface area contributed by atoms with Crippen molar-refractivity contribution < 1.29 is 4.79 Å². The van der Waals surface area contributed by atoms with Crippen LogP contribution in [0.25, 0.3) is 0 Å². The number of amides is 1. The summed E-state index contributed by atoms with van der Waals surface area (Å²) in [5.41, 5.74) is 1.20. The molecule has 0 spiro atoms. The Morgan fingerprint density at radius 2 is 2.05 bits per heavy atom. The Bertz CT molecular complexity index is 534. The van der Waals surface area contributed by atoms with Crippen molar-refractivity contribution in [1.82, 2.24) is 4.90 Å². The largest absolute Gasteiger partial charge is 0.333 e. The smallest absolute Gasteiger partial charge is 0.223 e. The minimum absolute atomic E-state index is 0.0874. The number of rotatable bonds is 2. The van der Waals surface area contributed by atoms with Gasteiger partial charge in [0, 0.05) is 18.4 Å². The summed E-state index contributed by atoms with van der Waals surface area (Å²) < 4.78 is 0. The van der Waals surface area contributed by atoms with Gasteiger partial charge >= 0.3 is 0 Å². The van der Waals surface area contributed by atoms with Crippen molar-refractivity contribution in [3.05, 3.63) is 35.9 Å². The van der Waals surface area contributed by atoms with Gasteiger partial charge in [-0.05, 0) is 37.7 Å². The van der Waals surface area contributed by atoms with Gasteiger partial charge in [0.25, 0.3) is 0 Å². The van der Waals surface area contributed by atoms with E-state index in [0.717, 1.165) is 19.3 Å². The molecule has 3 rings (SSSR count). The fraction of sp³-hybridized carbons (Fsp3) is 0.529. The number of hydrogen-bond donors (Lipinski definition) is 0. The van der Waals surface area contributed by atoms with Crippen LogP contribution in [0.3, 0.4) is 0 Å². The first kappa shape index (κ1) is 13.2. The number of nitriles is 1. The Balaban J connectivity index is 1.82. The van der Waals surface area contributed by atoms with E-state index in [-0.39, 0.29) is 23.8 Å². The maximum Gasteiger partial charge on any atom is 0.223 e. The summed E-state index contributed by atoms with van der Waals surface area (Å²) in [5, 5.41) is 9.17. The van der Waals surface area contributed by atoms with Gasteiger partial charge in [0.05, 0.1) is 12.1 Å². The summed E-state index contributed by atoms with van der Waals surface area (Å²) in [6, 6.07) is 13.1. The topological polar surface area (TPSA) is 44.1 Å². The van der Waals surface area contributed by atoms with E-state index in [1.54, 1.807) is 0 Å². The summed E-state index contributed by atoms with van der Waals surface area (Å²) in [5.74, 6) is 0.595. The highest BCUT2D eigenvalue weighted by molar-refractivity contribution is 5.78. The zero-order chi connectivity index (χ0) is 14.1. The van der Waals surface area contributed by atoms with Gasteiger partial charge in [-0.15, -0.1) is 0 Å². The Labute approximate surface area is 120 Å². The van der Waals surface area contributed by atoms with Crippen LogP contribution >= 0.6 is 0 Å². The molecule has 1 saturated carbocycles. The Hall–Kier alpha value is -1.82. The monoisotopic (exact) mass is 268 g/mol. The van der Waals surface area contributed by atoms with Crippen molar-refractivity contribution in [2.45, 2.75) is 44.7 Å². The van der Waals surface area contributed by atoms with Gasteiger partial charge in [0.1, 0.15) is 0 Å². The third kappa shape index (κ3) is 2.20. The molecule has 1 heterocycles. The number of carbonyl (C=O) groups excluding carboxylic acids is 1. The molecule has 1 aromatic rings. The second kappa shape index (κ2) is 5.28. The third-order valence-corrected chi connectivity index (χ3v) is 4.94. The van der Waals surface area contributed by atoms with E-state index in [2.05, 4.69) is 30.0 Å². The number of likely N-dealkylation sites (tertiary alicyclic amines) is 1. The van der Waals surface area contributed by atoms with Crippen LogP contribution in [0.5, 0.6) is 0 Å². The van der Waals surface area contributed by atoms with Crippen LogP contribution in [0.15, 0.2) is 30.3 Å². The fourth-order valence-electron chi connectivity index (χ4n) is 3.85. The average molecular weight is 268 g/mol. The predicted octanol–water partition coefficient (Wildman–Crippen LogP) is 3.29. The molecule has 20 heavy (non-hydrogen) atoms. The second-order valence-electron chi connectivity index (χ2n) is 6.05. The average Bonchev–Trinajstić information content (AvgIpc) is 2.48. The van der Waals surface area contributed by atoms with Gasteiger partial charge in [-0.25, -0.2) is 0 Å². The van der Waals surface area contributed by atoms with Gasteiger partial charge in [-0.2, -0.15) is 5.26 Å². The second-order valence-corrected chi connectivity index (χ2v) is 6.05. The first-order chi connectivity index (χ1) is 9.70. The summed E-state index contributed by atoms with van der Waals surface area (Å²) >= 11 is 0. The minimum Gasteiger partial charge on any atom is -0.333 e. The summed E-state index contributed by atoms with van der Waals surface area (Å²) in [6.07, 6.45) is 3.46. The summed E-state index contributed by atoms with van der Waals surface area (Å²) in [4.78, 5) is 14.6. The van der Waals surface area contributed by atoms with Crippen LogP contribution in [0.1, 0.15) is 44.2 Å². The molecule has 1 saturated heterocycles. The van der Waals surface area contributed by atoms with Crippen molar-refractivity contribution in [2.24, 2.45) is 11.8 Å². The quantitative estimate of drug-likeness (QED) is 0.826. The molecule has 4 atom stereocenters. The highest BCUT2D eigenvalue weighted by Gasteiger charge is 2.42. The van der Waals surface area contributed by atoms with E-state index in [9.17, 15) is 4.79 Å². The molecule has 2 bridgehead atoms. The predicted molar refractivity (Wildman–Crippen MR) is 76.6 cm³/mol. The van der Waals surface area contributed by atoms with Gasteiger partial charge in [-0.3, -0.25) is 4.79 Å². The van der Waals surface area contributed by atoms with Gasteiger partial charge in [0.2, 0.25) is 5.91 Å². The highest BCUT2D eigenvalue weighted by Crippen LogP contribution is 2.42. The number of carbonyl (C=O) groups is 1. The van der Waals surface area contributed by atoms with E-state index in [1.807, 2.05) is 18.2 Å². The molecule has 2 fully saturated rings. The molecular weight excluding hydrogens is 248 g/mol. The number of benzene rings is 1. The molecule has 0 aromatic heterocycles. The first-order valence-electron chi connectivity index (χ1n) is 7.46. The lowest BCUT2D eigenvalue weighted by Crippen LogP contribution is -2.51. The number of fused-ring (bicyclic) bond motifs is 2. The maximum absolute atomic E-state index is 12.5. The van der Waals surface area contributed by atoms with Crippen LogP contribution in [-0.2, 0) is 4.79 Å². The molecule has 104 valence electrons. The van der Waals surface area contributed by atoms with E-state index in [4.69, 9.17) is 5.26 Å². The van der Waals surface area contributed by atoms with Gasteiger partial charge in [-0.1, -0.05) is 30.3 Å². The van der Waals surface area contributed by atoms with Crippen LogP contribution in [0, 0.1) is 23.2 Å². The molecule has 0 radical (unpaired) electrons. The van der Waals surface area contributed by atoms with Crippen molar-refractivity contribution >= 4 is 5.91 Å². The lowest BCUT2D eigenvalue weighted by molar-refractivity contribution is -0.144. The molecule has 3 nitrogen and oxygen atoms in total. The van der Waals surface area contributed by atoms with Gasteiger partial charge < -0.3 is 4.90 Å². The van der Waals surface area contributed by atoms with Crippen LogP contribution in [-0.4, -0.2) is 16.8 Å². The van der Waals surface area contributed by atoms with Crippen LogP contribution in [0.4, 0.5) is 0 Å². The molecule has 1 aliphatic carbocycles. The van der Waals surface area contributed by atoms with E-state index < -0.39 is 0 Å². The molecule has 0 unspecified atom stereocenters. The SMILES string of the molecule is C[C@@H](c1ccccc1)N1C(=O)C[C@H]2C[C@@H]1CC[C@H]2C#N. The maximum atomic E-state index is 12.5. The highest BCUT2D eigenvalue weighted by atomic mass is 16.2. The number of nitrogens with zero attached hydrogens (tertiary/aromatic N) is 2. The Kier molecular flexibility index (Phi) is 3.48. The fourth-order valence-corrected chi connectivity index (χ4v) is 3.85. The standard InChI is InChI=1S/C17H20N2O/c1-12(13-5-3-2-4-6-13)19-16-8-7-14(11-18)15(9-16)10-17(19)20/h2-6,12,14-16H,7-10H2,1H3/t12-,14-,15+,16-/m0/s1. The molecule has 3 heteroatoms. The van der Waals surface area contributed by atoms with Gasteiger partial charge in [0.15, 0.2) is 0 Å². The minimum atomic E-state index is 0.0874. The lowest BCUT2D eigenvalue weighted by atomic mass is 9.72. The number of hydrogen-bond acceptors (Lipinski definition) is 2. The molecular formula is C17H20N2O. The molecule has 0 N–H and O–H groups in total. The lowest BCUT2D eigenvalue weighted by Gasteiger charge is -2.47. The van der Waals surface area contributed by atoms with Crippen LogP contribution in [0.2, 0.25) is 0 Å². The van der Waals surface area contributed by atoms with Crippen molar-refractivity contribution in [1.29, 1.82) is 5.26 Å². The molecule has 1 aromatic carbocycles. The zero-order valence-corrected chi connectivity index (χ0v) is 11.8.